The van der Waals surface area contributed by atoms with Crippen LogP contribution in [0.1, 0.15) is 32.8 Å². The van der Waals surface area contributed by atoms with Gasteiger partial charge in [-0.2, -0.15) is 0 Å². The number of carbonyl (C=O) groups excluding carboxylic acids is 1. The van der Waals surface area contributed by atoms with E-state index in [2.05, 4.69) is 0 Å². The van der Waals surface area contributed by atoms with E-state index >= 15 is 0 Å². The van der Waals surface area contributed by atoms with Gasteiger partial charge in [0, 0.05) is 24.0 Å². The second-order valence-electron chi connectivity index (χ2n) is 6.88. The Kier molecular flexibility index (Phi) is 5.35. The SMILES string of the molecule is CC(C)(C)OC(=O)N1CCC(O)C(Cc2cccc(Cl)c2)C1. The molecule has 5 heteroatoms. The van der Waals surface area contributed by atoms with E-state index in [0.717, 1.165) is 5.56 Å². The first-order valence-corrected chi connectivity index (χ1v) is 8.03. The van der Waals surface area contributed by atoms with E-state index in [1.165, 1.54) is 0 Å². The number of ether oxygens (including phenoxy) is 1. The van der Waals surface area contributed by atoms with Gasteiger partial charge in [-0.1, -0.05) is 23.7 Å². The third-order valence-electron chi connectivity index (χ3n) is 3.73. The Morgan fingerprint density at radius 3 is 2.82 bits per heavy atom. The maximum atomic E-state index is 12.2. The summed E-state index contributed by atoms with van der Waals surface area (Å²) in [5.41, 5.74) is 0.567. The van der Waals surface area contributed by atoms with Gasteiger partial charge in [0.25, 0.3) is 0 Å². The number of aliphatic hydroxyl groups excluding tert-OH is 1. The van der Waals surface area contributed by atoms with Crippen LogP contribution in [0.25, 0.3) is 0 Å². The first kappa shape index (κ1) is 17.1. The Morgan fingerprint density at radius 2 is 2.18 bits per heavy atom. The number of amides is 1. The molecule has 1 amide bonds. The molecule has 2 atom stereocenters. The number of hydrogen-bond donors (Lipinski definition) is 1. The van der Waals surface area contributed by atoms with Crippen LogP contribution >= 0.6 is 11.6 Å². The van der Waals surface area contributed by atoms with Crippen molar-refractivity contribution >= 4 is 17.7 Å². The minimum atomic E-state index is -0.504. The van der Waals surface area contributed by atoms with E-state index in [1.807, 2.05) is 45.0 Å². The lowest BCUT2D eigenvalue weighted by atomic mass is 9.89. The van der Waals surface area contributed by atoms with E-state index in [0.29, 0.717) is 31.0 Å². The Bertz CT molecular complexity index is 527. The minimum absolute atomic E-state index is 0.000245. The molecule has 0 aromatic heterocycles. The van der Waals surface area contributed by atoms with Crippen LogP contribution in [0.3, 0.4) is 0 Å². The predicted molar refractivity (Wildman–Crippen MR) is 87.1 cm³/mol. The largest absolute Gasteiger partial charge is 0.444 e. The van der Waals surface area contributed by atoms with E-state index in [-0.39, 0.29) is 12.0 Å². The van der Waals surface area contributed by atoms with Crippen molar-refractivity contribution in [1.82, 2.24) is 4.90 Å². The molecule has 0 radical (unpaired) electrons. The van der Waals surface area contributed by atoms with Crippen molar-refractivity contribution in [2.45, 2.75) is 45.3 Å². The Labute approximate surface area is 137 Å². The molecule has 122 valence electrons. The van der Waals surface area contributed by atoms with Gasteiger partial charge < -0.3 is 14.7 Å². The smallest absolute Gasteiger partial charge is 0.410 e. The summed E-state index contributed by atoms with van der Waals surface area (Å²) in [5.74, 6) is -0.000245. The lowest BCUT2D eigenvalue weighted by Gasteiger charge is -2.37. The number of carbonyl (C=O) groups is 1. The molecular formula is C17H24ClNO3. The van der Waals surface area contributed by atoms with Crippen molar-refractivity contribution in [3.63, 3.8) is 0 Å². The van der Waals surface area contributed by atoms with Crippen LogP contribution in [0.15, 0.2) is 24.3 Å². The highest BCUT2D eigenvalue weighted by Gasteiger charge is 2.32. The summed E-state index contributed by atoms with van der Waals surface area (Å²) in [4.78, 5) is 13.9. The summed E-state index contributed by atoms with van der Waals surface area (Å²) in [7, 11) is 0. The summed E-state index contributed by atoms with van der Waals surface area (Å²) in [5, 5.41) is 10.9. The lowest BCUT2D eigenvalue weighted by molar-refractivity contribution is -0.00823. The molecule has 1 N–H and O–H groups in total. The van der Waals surface area contributed by atoms with Crippen molar-refractivity contribution in [3.8, 4) is 0 Å². The van der Waals surface area contributed by atoms with Gasteiger partial charge in [-0.25, -0.2) is 4.79 Å². The third kappa shape index (κ3) is 4.89. The number of piperidine rings is 1. The van der Waals surface area contributed by atoms with Crippen LogP contribution in [0, 0.1) is 5.92 Å². The Morgan fingerprint density at radius 1 is 1.45 bits per heavy atom. The first-order valence-electron chi connectivity index (χ1n) is 7.65. The van der Waals surface area contributed by atoms with Gasteiger partial charge in [0.05, 0.1) is 6.10 Å². The fourth-order valence-electron chi connectivity index (χ4n) is 2.68. The van der Waals surface area contributed by atoms with Crippen LogP contribution in [0.2, 0.25) is 5.02 Å². The van der Waals surface area contributed by atoms with Gasteiger partial charge in [-0.05, 0) is 51.3 Å². The fourth-order valence-corrected chi connectivity index (χ4v) is 2.89. The Hall–Kier alpha value is -1.26. The van der Waals surface area contributed by atoms with E-state index in [1.54, 1.807) is 4.90 Å². The molecule has 0 bridgehead atoms. The van der Waals surface area contributed by atoms with Gasteiger partial charge in [0.15, 0.2) is 0 Å². The molecule has 1 aromatic carbocycles. The summed E-state index contributed by atoms with van der Waals surface area (Å²) in [6.07, 6.45) is 0.555. The molecule has 1 heterocycles. The molecule has 2 unspecified atom stereocenters. The van der Waals surface area contributed by atoms with Gasteiger partial charge in [0.1, 0.15) is 5.60 Å². The molecule has 1 aliphatic heterocycles. The van der Waals surface area contributed by atoms with Crippen molar-refractivity contribution in [2.24, 2.45) is 5.92 Å². The van der Waals surface area contributed by atoms with Crippen molar-refractivity contribution in [2.75, 3.05) is 13.1 Å². The van der Waals surface area contributed by atoms with Crippen LogP contribution in [-0.4, -0.2) is 40.9 Å². The molecule has 4 nitrogen and oxygen atoms in total. The number of nitrogens with zero attached hydrogens (tertiary/aromatic N) is 1. The van der Waals surface area contributed by atoms with Gasteiger partial charge in [-0.15, -0.1) is 0 Å². The Balaban J connectivity index is 2.00. The topological polar surface area (TPSA) is 49.8 Å². The molecule has 1 aromatic rings. The van der Waals surface area contributed by atoms with Gasteiger partial charge >= 0.3 is 6.09 Å². The van der Waals surface area contributed by atoms with Crippen molar-refractivity contribution in [3.05, 3.63) is 34.9 Å². The zero-order valence-corrected chi connectivity index (χ0v) is 14.1. The number of halogens is 1. The van der Waals surface area contributed by atoms with Gasteiger partial charge in [0.2, 0.25) is 0 Å². The zero-order chi connectivity index (χ0) is 16.3. The number of likely N-dealkylation sites (tertiary alicyclic amines) is 1. The molecular weight excluding hydrogens is 302 g/mol. The maximum Gasteiger partial charge on any atom is 0.410 e. The first-order chi connectivity index (χ1) is 10.2. The summed E-state index contributed by atoms with van der Waals surface area (Å²) in [6, 6.07) is 7.62. The standard InChI is InChI=1S/C17H24ClNO3/c1-17(2,3)22-16(21)19-8-7-15(20)13(11-19)9-12-5-4-6-14(18)10-12/h4-6,10,13,15,20H,7-9,11H2,1-3H3. The number of benzene rings is 1. The van der Waals surface area contributed by atoms with Crippen LogP contribution in [0.4, 0.5) is 4.79 Å². The molecule has 22 heavy (non-hydrogen) atoms. The van der Waals surface area contributed by atoms with Crippen LogP contribution in [-0.2, 0) is 11.2 Å². The molecule has 1 saturated heterocycles. The normalized spacial score (nSPS) is 22.5. The average molecular weight is 326 g/mol. The quantitative estimate of drug-likeness (QED) is 0.905. The van der Waals surface area contributed by atoms with Crippen LogP contribution < -0.4 is 0 Å². The molecule has 0 aliphatic carbocycles. The molecule has 0 saturated carbocycles. The second-order valence-corrected chi connectivity index (χ2v) is 7.31. The second kappa shape index (κ2) is 6.88. The van der Waals surface area contributed by atoms with Gasteiger partial charge in [-0.3, -0.25) is 0 Å². The van der Waals surface area contributed by atoms with Crippen molar-refractivity contribution < 1.29 is 14.6 Å². The highest BCUT2D eigenvalue weighted by Crippen LogP contribution is 2.24. The zero-order valence-electron chi connectivity index (χ0n) is 13.4. The fraction of sp³-hybridized carbons (Fsp3) is 0.588. The van der Waals surface area contributed by atoms with Crippen molar-refractivity contribution in [1.29, 1.82) is 0 Å². The number of hydrogen-bond acceptors (Lipinski definition) is 3. The third-order valence-corrected chi connectivity index (χ3v) is 3.97. The summed E-state index contributed by atoms with van der Waals surface area (Å²) < 4.78 is 5.41. The van der Waals surface area contributed by atoms with E-state index in [4.69, 9.17) is 16.3 Å². The average Bonchev–Trinajstić information content (AvgIpc) is 2.39. The maximum absolute atomic E-state index is 12.2. The summed E-state index contributed by atoms with van der Waals surface area (Å²) >= 11 is 6.00. The minimum Gasteiger partial charge on any atom is -0.444 e. The highest BCUT2D eigenvalue weighted by molar-refractivity contribution is 6.30. The monoisotopic (exact) mass is 325 g/mol. The summed E-state index contributed by atoms with van der Waals surface area (Å²) in [6.45, 7) is 6.60. The molecule has 2 rings (SSSR count). The predicted octanol–water partition coefficient (Wildman–Crippen LogP) is 3.50. The number of aliphatic hydroxyl groups is 1. The van der Waals surface area contributed by atoms with E-state index < -0.39 is 11.7 Å². The molecule has 0 spiro atoms. The number of rotatable bonds is 2. The molecule has 1 fully saturated rings. The van der Waals surface area contributed by atoms with Crippen LogP contribution in [0.5, 0.6) is 0 Å². The molecule has 1 aliphatic rings. The highest BCUT2D eigenvalue weighted by atomic mass is 35.5. The van der Waals surface area contributed by atoms with E-state index in [9.17, 15) is 9.90 Å². The lowest BCUT2D eigenvalue weighted by Crippen LogP contribution is -2.48.